The highest BCUT2D eigenvalue weighted by Gasteiger charge is 2.11. The van der Waals surface area contributed by atoms with Gasteiger partial charge in [0.15, 0.2) is 0 Å². The van der Waals surface area contributed by atoms with E-state index >= 15 is 0 Å². The minimum absolute atomic E-state index is 0.126. The van der Waals surface area contributed by atoms with E-state index in [0.29, 0.717) is 0 Å². The number of carbonyl (C=O) groups excluding carboxylic acids is 3. The Labute approximate surface area is 97.6 Å². The number of urea groups is 1. The summed E-state index contributed by atoms with van der Waals surface area (Å²) >= 11 is 5.42. The first-order chi connectivity index (χ1) is 7.43. The first-order valence-corrected chi connectivity index (χ1v) is 4.96. The molecular formula is C8H14ClN3O4. The van der Waals surface area contributed by atoms with Gasteiger partial charge in [-0.1, -0.05) is 0 Å². The first kappa shape index (κ1) is 14.7. The Bertz CT molecular complexity index is 270. The standard InChI is InChI=1S/C8H14ClN3O4/c1-5(9)7(14)12-8(15)11-2-3-16-4-6(10)13/h5H,2-4H2,1H3,(H2,10,13)(H2,11,12,14,15). The van der Waals surface area contributed by atoms with Crippen molar-refractivity contribution in [1.82, 2.24) is 10.6 Å². The molecule has 0 aromatic carbocycles. The normalized spacial score (nSPS) is 11.6. The van der Waals surface area contributed by atoms with Gasteiger partial charge in [-0.3, -0.25) is 14.9 Å². The number of rotatable bonds is 6. The monoisotopic (exact) mass is 251 g/mol. The number of nitrogens with one attached hydrogen (secondary N) is 2. The number of halogens is 1. The predicted molar refractivity (Wildman–Crippen MR) is 56.9 cm³/mol. The number of nitrogens with two attached hydrogens (primary N) is 1. The second-order valence-corrected chi connectivity index (χ2v) is 3.53. The van der Waals surface area contributed by atoms with Crippen molar-refractivity contribution in [2.75, 3.05) is 19.8 Å². The fourth-order valence-corrected chi connectivity index (χ4v) is 0.720. The Hall–Kier alpha value is -1.34. The van der Waals surface area contributed by atoms with Crippen molar-refractivity contribution >= 4 is 29.4 Å². The van der Waals surface area contributed by atoms with E-state index in [-0.39, 0.29) is 19.8 Å². The van der Waals surface area contributed by atoms with Crippen molar-refractivity contribution in [3.8, 4) is 0 Å². The average molecular weight is 252 g/mol. The van der Waals surface area contributed by atoms with Gasteiger partial charge in [0.1, 0.15) is 12.0 Å². The number of ether oxygens (including phenoxy) is 1. The summed E-state index contributed by atoms with van der Waals surface area (Å²) in [4.78, 5) is 32.2. The van der Waals surface area contributed by atoms with Gasteiger partial charge in [0.2, 0.25) is 11.8 Å². The highest BCUT2D eigenvalue weighted by Crippen LogP contribution is 1.91. The Morgan fingerprint density at radius 1 is 1.44 bits per heavy atom. The molecule has 0 fully saturated rings. The number of amides is 4. The lowest BCUT2D eigenvalue weighted by atomic mass is 10.4. The van der Waals surface area contributed by atoms with E-state index in [1.807, 2.05) is 5.32 Å². The quantitative estimate of drug-likeness (QED) is 0.413. The van der Waals surface area contributed by atoms with E-state index in [4.69, 9.17) is 22.1 Å². The van der Waals surface area contributed by atoms with Crippen molar-refractivity contribution in [3.05, 3.63) is 0 Å². The SMILES string of the molecule is CC(Cl)C(=O)NC(=O)NCCOCC(N)=O. The molecule has 0 aromatic heterocycles. The van der Waals surface area contributed by atoms with Gasteiger partial charge in [-0.05, 0) is 6.92 Å². The molecule has 4 amide bonds. The lowest BCUT2D eigenvalue weighted by Crippen LogP contribution is -2.43. The summed E-state index contributed by atoms with van der Waals surface area (Å²) in [6.45, 7) is 1.52. The fourth-order valence-electron chi connectivity index (χ4n) is 0.665. The van der Waals surface area contributed by atoms with E-state index in [2.05, 4.69) is 5.32 Å². The molecule has 0 aromatic rings. The van der Waals surface area contributed by atoms with E-state index in [0.717, 1.165) is 0 Å². The van der Waals surface area contributed by atoms with Crippen molar-refractivity contribution in [1.29, 1.82) is 0 Å². The Morgan fingerprint density at radius 2 is 2.06 bits per heavy atom. The van der Waals surface area contributed by atoms with Crippen LogP contribution in [0.3, 0.4) is 0 Å². The molecule has 0 saturated carbocycles. The van der Waals surface area contributed by atoms with Crippen LogP contribution in [-0.4, -0.2) is 43.0 Å². The lowest BCUT2D eigenvalue weighted by molar-refractivity contribution is -0.122. The summed E-state index contributed by atoms with van der Waals surface area (Å²) in [5.41, 5.74) is 4.81. The molecule has 7 nitrogen and oxygen atoms in total. The average Bonchev–Trinajstić information content (AvgIpc) is 2.16. The summed E-state index contributed by atoms with van der Waals surface area (Å²) in [5, 5.41) is 3.57. The second kappa shape index (κ2) is 7.89. The van der Waals surface area contributed by atoms with E-state index < -0.39 is 23.2 Å². The Kier molecular flexibility index (Phi) is 7.23. The van der Waals surface area contributed by atoms with Gasteiger partial charge in [0.05, 0.1) is 6.61 Å². The molecular weight excluding hydrogens is 238 g/mol. The van der Waals surface area contributed by atoms with Gasteiger partial charge in [0, 0.05) is 6.54 Å². The summed E-state index contributed by atoms with van der Waals surface area (Å²) in [5.74, 6) is -1.17. The Balaban J connectivity index is 3.51. The van der Waals surface area contributed by atoms with Gasteiger partial charge in [-0.25, -0.2) is 4.79 Å². The van der Waals surface area contributed by atoms with Crippen LogP contribution in [0, 0.1) is 0 Å². The van der Waals surface area contributed by atoms with Crippen LogP contribution in [0.1, 0.15) is 6.92 Å². The molecule has 0 aliphatic rings. The lowest BCUT2D eigenvalue weighted by Gasteiger charge is -2.07. The molecule has 0 heterocycles. The number of primary amides is 1. The van der Waals surface area contributed by atoms with Crippen LogP contribution in [0.25, 0.3) is 0 Å². The fraction of sp³-hybridized carbons (Fsp3) is 0.625. The molecule has 0 spiro atoms. The maximum atomic E-state index is 11.0. The first-order valence-electron chi connectivity index (χ1n) is 4.52. The van der Waals surface area contributed by atoms with E-state index in [1.54, 1.807) is 0 Å². The molecule has 92 valence electrons. The zero-order valence-electron chi connectivity index (χ0n) is 8.79. The van der Waals surface area contributed by atoms with Crippen molar-refractivity contribution < 1.29 is 19.1 Å². The molecule has 0 aliphatic heterocycles. The highest BCUT2D eigenvalue weighted by atomic mass is 35.5. The molecule has 8 heteroatoms. The molecule has 0 saturated heterocycles. The molecule has 0 bridgehead atoms. The highest BCUT2D eigenvalue weighted by molar-refractivity contribution is 6.31. The van der Waals surface area contributed by atoms with Crippen LogP contribution < -0.4 is 16.4 Å². The van der Waals surface area contributed by atoms with E-state index in [1.165, 1.54) is 6.92 Å². The third-order valence-electron chi connectivity index (χ3n) is 1.37. The predicted octanol–water partition coefficient (Wildman–Crippen LogP) is -1.06. The maximum absolute atomic E-state index is 11.0. The minimum atomic E-state index is -0.781. The van der Waals surface area contributed by atoms with Crippen LogP contribution in [0.5, 0.6) is 0 Å². The topological polar surface area (TPSA) is 111 Å². The van der Waals surface area contributed by atoms with Crippen LogP contribution in [0.2, 0.25) is 0 Å². The van der Waals surface area contributed by atoms with Crippen LogP contribution >= 0.6 is 11.6 Å². The van der Waals surface area contributed by atoms with Crippen LogP contribution in [-0.2, 0) is 14.3 Å². The molecule has 16 heavy (non-hydrogen) atoms. The molecule has 0 radical (unpaired) electrons. The molecule has 0 rings (SSSR count). The number of alkyl halides is 1. The van der Waals surface area contributed by atoms with Crippen LogP contribution in [0.15, 0.2) is 0 Å². The summed E-state index contributed by atoms with van der Waals surface area (Å²) in [6.07, 6.45) is 0. The zero-order chi connectivity index (χ0) is 12.6. The van der Waals surface area contributed by atoms with Crippen molar-refractivity contribution in [3.63, 3.8) is 0 Å². The summed E-state index contributed by atoms with van der Waals surface area (Å²) in [6, 6.07) is -0.667. The van der Waals surface area contributed by atoms with E-state index in [9.17, 15) is 14.4 Å². The number of imide groups is 1. The minimum Gasteiger partial charge on any atom is -0.370 e. The second-order valence-electron chi connectivity index (χ2n) is 2.88. The molecule has 4 N–H and O–H groups in total. The molecule has 1 unspecified atom stereocenters. The Morgan fingerprint density at radius 3 is 2.56 bits per heavy atom. The summed E-state index contributed by atoms with van der Waals surface area (Å²) < 4.78 is 4.77. The van der Waals surface area contributed by atoms with Crippen LogP contribution in [0.4, 0.5) is 4.79 Å². The van der Waals surface area contributed by atoms with Gasteiger partial charge >= 0.3 is 6.03 Å². The largest absolute Gasteiger partial charge is 0.370 e. The maximum Gasteiger partial charge on any atom is 0.321 e. The number of hydrogen-bond donors (Lipinski definition) is 3. The van der Waals surface area contributed by atoms with Gasteiger partial charge in [-0.2, -0.15) is 0 Å². The van der Waals surface area contributed by atoms with Crippen molar-refractivity contribution in [2.24, 2.45) is 5.73 Å². The van der Waals surface area contributed by atoms with Gasteiger partial charge < -0.3 is 15.8 Å². The van der Waals surface area contributed by atoms with Crippen molar-refractivity contribution in [2.45, 2.75) is 12.3 Å². The smallest absolute Gasteiger partial charge is 0.321 e. The van der Waals surface area contributed by atoms with Gasteiger partial charge in [-0.15, -0.1) is 11.6 Å². The third kappa shape index (κ3) is 8.01. The summed E-state index contributed by atoms with van der Waals surface area (Å²) in [7, 11) is 0. The molecule has 0 aliphatic carbocycles. The number of carbonyl (C=O) groups is 3. The third-order valence-corrected chi connectivity index (χ3v) is 1.57. The van der Waals surface area contributed by atoms with Gasteiger partial charge in [0.25, 0.3) is 0 Å². The number of hydrogen-bond acceptors (Lipinski definition) is 4. The molecule has 1 atom stereocenters. The zero-order valence-corrected chi connectivity index (χ0v) is 9.54.